The summed E-state index contributed by atoms with van der Waals surface area (Å²) in [6.45, 7) is 0. The quantitative estimate of drug-likeness (QED) is 0.728. The third kappa shape index (κ3) is 2.74. The lowest BCUT2D eigenvalue weighted by Crippen LogP contribution is -1.91. The fourth-order valence-electron chi connectivity index (χ4n) is 2.11. The average molecular weight is 280 g/mol. The molecule has 0 aliphatic heterocycles. The van der Waals surface area contributed by atoms with Crippen molar-refractivity contribution in [1.29, 1.82) is 0 Å². The normalized spacial score (nSPS) is 10.4. The first-order valence-corrected chi connectivity index (χ1v) is 6.50. The van der Waals surface area contributed by atoms with Crippen LogP contribution in [0.15, 0.2) is 60.8 Å². The third-order valence-electron chi connectivity index (χ3n) is 3.21. The van der Waals surface area contributed by atoms with Crippen LogP contribution in [0.4, 0.5) is 4.39 Å². The van der Waals surface area contributed by atoms with Crippen LogP contribution >= 0.6 is 0 Å². The maximum Gasteiger partial charge on any atom is 0.165 e. The van der Waals surface area contributed by atoms with Crippen molar-refractivity contribution in [2.24, 2.45) is 0 Å². The zero-order valence-corrected chi connectivity index (χ0v) is 11.5. The van der Waals surface area contributed by atoms with Crippen molar-refractivity contribution in [3.8, 4) is 28.1 Å². The first-order valence-electron chi connectivity index (χ1n) is 6.50. The Balaban J connectivity index is 2.04. The lowest BCUT2D eigenvalue weighted by atomic mass is 10.0. The van der Waals surface area contributed by atoms with E-state index in [9.17, 15) is 4.39 Å². The molecule has 0 atom stereocenters. The molecule has 3 nitrogen and oxygen atoms in total. The molecule has 0 amide bonds. The number of ether oxygens (including phenoxy) is 1. The Kier molecular flexibility index (Phi) is 3.60. The molecule has 0 bridgehead atoms. The van der Waals surface area contributed by atoms with Gasteiger partial charge in [0.05, 0.1) is 19.0 Å². The molecule has 2 aromatic carbocycles. The summed E-state index contributed by atoms with van der Waals surface area (Å²) in [6, 6.07) is 16.5. The Labute approximate surface area is 122 Å². The minimum absolute atomic E-state index is 0.213. The average Bonchev–Trinajstić information content (AvgIpc) is 2.56. The standard InChI is InChI=1S/C17H13FN2O/c1-21-17-10-13(7-8-15(17)18)14-9-16(20-19-11-14)12-5-3-2-4-6-12/h2-11H,1H3. The van der Waals surface area contributed by atoms with E-state index in [0.29, 0.717) is 0 Å². The first-order chi connectivity index (χ1) is 10.3. The van der Waals surface area contributed by atoms with E-state index in [-0.39, 0.29) is 11.6 Å². The summed E-state index contributed by atoms with van der Waals surface area (Å²) >= 11 is 0. The molecule has 3 aromatic rings. The number of halogens is 1. The van der Waals surface area contributed by atoms with Gasteiger partial charge in [-0.15, -0.1) is 0 Å². The van der Waals surface area contributed by atoms with E-state index in [1.54, 1.807) is 18.3 Å². The van der Waals surface area contributed by atoms with E-state index in [1.165, 1.54) is 13.2 Å². The van der Waals surface area contributed by atoms with Gasteiger partial charge in [0.25, 0.3) is 0 Å². The molecule has 4 heteroatoms. The van der Waals surface area contributed by atoms with E-state index in [1.807, 2.05) is 36.4 Å². The number of hydrogen-bond acceptors (Lipinski definition) is 3. The third-order valence-corrected chi connectivity index (χ3v) is 3.21. The van der Waals surface area contributed by atoms with Crippen molar-refractivity contribution in [2.75, 3.05) is 7.11 Å². The van der Waals surface area contributed by atoms with Crippen molar-refractivity contribution in [3.05, 3.63) is 66.6 Å². The summed E-state index contributed by atoms with van der Waals surface area (Å²) in [7, 11) is 1.45. The molecule has 21 heavy (non-hydrogen) atoms. The molecule has 1 heterocycles. The van der Waals surface area contributed by atoms with E-state index in [0.717, 1.165) is 22.4 Å². The fourth-order valence-corrected chi connectivity index (χ4v) is 2.11. The lowest BCUT2D eigenvalue weighted by molar-refractivity contribution is 0.387. The summed E-state index contributed by atoms with van der Waals surface area (Å²) in [4.78, 5) is 0. The van der Waals surface area contributed by atoms with E-state index < -0.39 is 0 Å². The Morgan fingerprint density at radius 1 is 0.905 bits per heavy atom. The molecule has 0 saturated heterocycles. The van der Waals surface area contributed by atoms with Crippen molar-refractivity contribution >= 4 is 0 Å². The van der Waals surface area contributed by atoms with Crippen LogP contribution in [0.2, 0.25) is 0 Å². The minimum Gasteiger partial charge on any atom is -0.494 e. The molecule has 0 aliphatic rings. The molecule has 0 aliphatic carbocycles. The monoisotopic (exact) mass is 280 g/mol. The molecule has 1 aromatic heterocycles. The largest absolute Gasteiger partial charge is 0.494 e. The van der Waals surface area contributed by atoms with Crippen molar-refractivity contribution in [1.82, 2.24) is 10.2 Å². The van der Waals surface area contributed by atoms with Crippen LogP contribution in [-0.2, 0) is 0 Å². The van der Waals surface area contributed by atoms with Crippen LogP contribution in [0, 0.1) is 5.82 Å². The molecule has 0 spiro atoms. The van der Waals surface area contributed by atoms with Crippen LogP contribution in [0.5, 0.6) is 5.75 Å². The molecular formula is C17H13FN2O. The maximum absolute atomic E-state index is 13.5. The second-order valence-corrected chi connectivity index (χ2v) is 4.54. The maximum atomic E-state index is 13.5. The van der Waals surface area contributed by atoms with Gasteiger partial charge in [0.1, 0.15) is 0 Å². The SMILES string of the molecule is COc1cc(-c2cnnc(-c3ccccc3)c2)ccc1F. The van der Waals surface area contributed by atoms with Crippen LogP contribution in [0.1, 0.15) is 0 Å². The predicted molar refractivity (Wildman–Crippen MR) is 79.4 cm³/mol. The van der Waals surface area contributed by atoms with E-state index in [2.05, 4.69) is 10.2 Å². The summed E-state index contributed by atoms with van der Waals surface area (Å²) in [6.07, 6.45) is 1.65. The highest BCUT2D eigenvalue weighted by Gasteiger charge is 2.07. The Morgan fingerprint density at radius 3 is 2.48 bits per heavy atom. The molecular weight excluding hydrogens is 267 g/mol. The van der Waals surface area contributed by atoms with Crippen molar-refractivity contribution in [3.63, 3.8) is 0 Å². The van der Waals surface area contributed by atoms with Gasteiger partial charge in [0, 0.05) is 11.1 Å². The van der Waals surface area contributed by atoms with E-state index in [4.69, 9.17) is 4.74 Å². The highest BCUT2D eigenvalue weighted by molar-refractivity contribution is 5.70. The van der Waals surface area contributed by atoms with Gasteiger partial charge in [-0.05, 0) is 23.8 Å². The van der Waals surface area contributed by atoms with Crippen molar-refractivity contribution in [2.45, 2.75) is 0 Å². The first kappa shape index (κ1) is 13.2. The van der Waals surface area contributed by atoms with Gasteiger partial charge in [-0.2, -0.15) is 10.2 Å². The van der Waals surface area contributed by atoms with Gasteiger partial charge in [-0.3, -0.25) is 0 Å². The van der Waals surface area contributed by atoms with Gasteiger partial charge in [0.15, 0.2) is 11.6 Å². The Bertz CT molecular complexity index is 760. The number of methoxy groups -OCH3 is 1. The van der Waals surface area contributed by atoms with Crippen LogP contribution in [0.3, 0.4) is 0 Å². The van der Waals surface area contributed by atoms with Crippen LogP contribution < -0.4 is 4.74 Å². The van der Waals surface area contributed by atoms with Crippen molar-refractivity contribution < 1.29 is 9.13 Å². The van der Waals surface area contributed by atoms with Gasteiger partial charge in [-0.1, -0.05) is 36.4 Å². The molecule has 0 saturated carbocycles. The second-order valence-electron chi connectivity index (χ2n) is 4.54. The summed E-state index contributed by atoms with van der Waals surface area (Å²) in [5.74, 6) is -0.169. The smallest absolute Gasteiger partial charge is 0.165 e. The molecule has 3 rings (SSSR count). The summed E-state index contributed by atoms with van der Waals surface area (Å²) in [5.41, 5.74) is 3.46. The van der Waals surface area contributed by atoms with Crippen LogP contribution in [0.25, 0.3) is 22.4 Å². The zero-order valence-electron chi connectivity index (χ0n) is 11.5. The lowest BCUT2D eigenvalue weighted by Gasteiger charge is -2.07. The van der Waals surface area contributed by atoms with Gasteiger partial charge >= 0.3 is 0 Å². The fraction of sp³-hybridized carbons (Fsp3) is 0.0588. The zero-order chi connectivity index (χ0) is 14.7. The molecule has 0 unspecified atom stereocenters. The number of hydrogen-bond donors (Lipinski definition) is 0. The molecule has 104 valence electrons. The minimum atomic E-state index is -0.383. The summed E-state index contributed by atoms with van der Waals surface area (Å²) < 4.78 is 18.5. The number of rotatable bonds is 3. The Morgan fingerprint density at radius 2 is 1.71 bits per heavy atom. The number of nitrogens with zero attached hydrogens (tertiary/aromatic N) is 2. The van der Waals surface area contributed by atoms with Gasteiger partial charge < -0.3 is 4.74 Å². The Hall–Kier alpha value is -2.75. The van der Waals surface area contributed by atoms with Gasteiger partial charge in [-0.25, -0.2) is 4.39 Å². The number of benzene rings is 2. The van der Waals surface area contributed by atoms with Gasteiger partial charge in [0.2, 0.25) is 0 Å². The predicted octanol–water partition coefficient (Wildman–Crippen LogP) is 3.96. The topological polar surface area (TPSA) is 35.0 Å². The molecule has 0 radical (unpaired) electrons. The van der Waals surface area contributed by atoms with E-state index >= 15 is 0 Å². The second kappa shape index (κ2) is 5.71. The molecule has 0 N–H and O–H groups in total. The highest BCUT2D eigenvalue weighted by atomic mass is 19.1. The van der Waals surface area contributed by atoms with Crippen LogP contribution in [-0.4, -0.2) is 17.3 Å². The number of aromatic nitrogens is 2. The summed E-state index contributed by atoms with van der Waals surface area (Å²) in [5, 5.41) is 8.17. The molecule has 0 fully saturated rings. The highest BCUT2D eigenvalue weighted by Crippen LogP contribution is 2.27.